The highest BCUT2D eigenvalue weighted by atomic mass is 32.2. The number of nitrogens with zero attached hydrogens (tertiary/aromatic N) is 1. The summed E-state index contributed by atoms with van der Waals surface area (Å²) in [6.45, 7) is 0. The lowest BCUT2D eigenvalue weighted by atomic mass is 9.92. The lowest BCUT2D eigenvalue weighted by Gasteiger charge is -2.36. The Bertz CT molecular complexity index is 1280. The molecule has 2 aromatic carbocycles. The van der Waals surface area contributed by atoms with E-state index in [1.807, 2.05) is 29.6 Å². The number of carbonyl (C=O) groups is 1. The van der Waals surface area contributed by atoms with Crippen LogP contribution in [0.5, 0.6) is 5.75 Å². The Morgan fingerprint density at radius 1 is 1.20 bits per heavy atom. The molecule has 3 N–H and O–H groups in total. The van der Waals surface area contributed by atoms with Crippen LogP contribution in [0.25, 0.3) is 11.3 Å². The van der Waals surface area contributed by atoms with Crippen molar-refractivity contribution in [1.29, 1.82) is 0 Å². The summed E-state index contributed by atoms with van der Waals surface area (Å²) in [5.41, 5.74) is 7.36. The maximum Gasteiger partial charge on any atom is 0.222 e. The maximum absolute atomic E-state index is 14.0. The number of benzene rings is 2. The zero-order chi connectivity index (χ0) is 25.1. The zero-order valence-corrected chi connectivity index (χ0v) is 21.0. The van der Waals surface area contributed by atoms with Gasteiger partial charge in [0.05, 0.1) is 29.8 Å². The third-order valence-electron chi connectivity index (χ3n) is 6.25. The molecule has 7 nitrogen and oxygen atoms in total. The lowest BCUT2D eigenvalue weighted by Crippen LogP contribution is -2.51. The molecule has 1 atom stereocenters. The van der Waals surface area contributed by atoms with Gasteiger partial charge in [0.15, 0.2) is 9.84 Å². The largest absolute Gasteiger partial charge is 0.497 e. The van der Waals surface area contributed by atoms with Crippen LogP contribution in [0.3, 0.4) is 0 Å². The molecule has 3 aromatic rings. The van der Waals surface area contributed by atoms with E-state index in [1.165, 1.54) is 17.4 Å². The number of nitrogens with one attached hydrogen (secondary N) is 1. The van der Waals surface area contributed by atoms with Gasteiger partial charge < -0.3 is 15.8 Å². The number of ether oxygens (including phenoxy) is 1. The molecule has 1 saturated heterocycles. The average Bonchev–Trinajstić information content (AvgIpc) is 3.33. The van der Waals surface area contributed by atoms with Gasteiger partial charge in [-0.25, -0.2) is 17.8 Å². The molecule has 0 unspecified atom stereocenters. The zero-order valence-electron chi connectivity index (χ0n) is 19.4. The molecule has 35 heavy (non-hydrogen) atoms. The van der Waals surface area contributed by atoms with E-state index in [-0.39, 0.29) is 48.9 Å². The first-order valence-corrected chi connectivity index (χ1v) is 14.0. The first-order chi connectivity index (χ1) is 16.7. The Morgan fingerprint density at radius 3 is 2.54 bits per heavy atom. The Labute approximate surface area is 208 Å². The predicted octanol–water partition coefficient (Wildman–Crippen LogP) is 3.44. The van der Waals surface area contributed by atoms with Crippen LogP contribution < -0.4 is 15.8 Å². The number of aromatic nitrogens is 1. The number of halogens is 1. The van der Waals surface area contributed by atoms with Gasteiger partial charge in [-0.2, -0.15) is 0 Å². The van der Waals surface area contributed by atoms with E-state index >= 15 is 0 Å². The molecular weight excluding hydrogens is 489 g/mol. The van der Waals surface area contributed by atoms with E-state index in [4.69, 9.17) is 15.5 Å². The van der Waals surface area contributed by atoms with Gasteiger partial charge in [-0.1, -0.05) is 18.2 Å². The van der Waals surface area contributed by atoms with Gasteiger partial charge in [-0.15, -0.1) is 11.3 Å². The van der Waals surface area contributed by atoms with E-state index in [9.17, 15) is 17.6 Å². The minimum atomic E-state index is -3.17. The molecule has 1 aliphatic rings. The fourth-order valence-electron chi connectivity index (χ4n) is 4.24. The standard InChI is InChI=1S/C25H28FN3O4S2/c1-33-20-8-6-17(7-9-20)22-16-34-24(28-22)25(10-12-35(31,32)13-11-25)29-23(30)15-19(27)14-18-4-2-3-5-21(18)26/h2-9,16,19H,10-15,27H2,1H3,(H,29,30)/t19-/m1/s1. The fourth-order valence-corrected chi connectivity index (χ4v) is 6.81. The first-order valence-electron chi connectivity index (χ1n) is 11.3. The Balaban J connectivity index is 1.52. The van der Waals surface area contributed by atoms with Crippen LogP contribution in [0.15, 0.2) is 53.9 Å². The van der Waals surface area contributed by atoms with Crippen molar-refractivity contribution in [1.82, 2.24) is 10.3 Å². The number of methoxy groups -OCH3 is 1. The number of amides is 1. The van der Waals surface area contributed by atoms with Crippen LogP contribution in [0.2, 0.25) is 0 Å². The summed E-state index contributed by atoms with van der Waals surface area (Å²) in [4.78, 5) is 17.8. The van der Waals surface area contributed by atoms with E-state index < -0.39 is 21.4 Å². The van der Waals surface area contributed by atoms with Crippen molar-refractivity contribution in [2.24, 2.45) is 5.73 Å². The van der Waals surface area contributed by atoms with Crippen LogP contribution in [0.4, 0.5) is 4.39 Å². The van der Waals surface area contributed by atoms with E-state index in [1.54, 1.807) is 25.3 Å². The molecule has 1 fully saturated rings. The summed E-state index contributed by atoms with van der Waals surface area (Å²) in [5.74, 6) is -0.00415. The number of rotatable bonds is 8. The molecule has 0 aliphatic carbocycles. The van der Waals surface area contributed by atoms with Crippen molar-refractivity contribution >= 4 is 27.1 Å². The SMILES string of the molecule is COc1ccc(-c2csc(C3(NC(=O)C[C@H](N)Cc4ccccc4F)CCS(=O)(=O)CC3)n2)cc1. The number of sulfone groups is 1. The summed E-state index contributed by atoms with van der Waals surface area (Å²) in [6.07, 6.45) is 0.679. The molecule has 0 bridgehead atoms. The van der Waals surface area contributed by atoms with Crippen molar-refractivity contribution in [3.05, 3.63) is 70.3 Å². The number of hydrogen-bond acceptors (Lipinski definition) is 7. The normalized spacial score (nSPS) is 17.5. The van der Waals surface area contributed by atoms with Gasteiger partial charge >= 0.3 is 0 Å². The van der Waals surface area contributed by atoms with E-state index in [2.05, 4.69) is 5.32 Å². The van der Waals surface area contributed by atoms with Gasteiger partial charge in [0, 0.05) is 23.4 Å². The smallest absolute Gasteiger partial charge is 0.222 e. The third-order valence-corrected chi connectivity index (χ3v) is 8.94. The third kappa shape index (κ3) is 6.06. The van der Waals surface area contributed by atoms with Crippen molar-refractivity contribution in [3.8, 4) is 17.0 Å². The topological polar surface area (TPSA) is 111 Å². The van der Waals surface area contributed by atoms with Gasteiger partial charge in [-0.05, 0) is 55.2 Å². The van der Waals surface area contributed by atoms with Crippen LogP contribution in [0, 0.1) is 5.82 Å². The van der Waals surface area contributed by atoms with Crippen molar-refractivity contribution < 1.29 is 22.3 Å². The molecule has 0 saturated carbocycles. The Hall–Kier alpha value is -2.82. The van der Waals surface area contributed by atoms with Crippen molar-refractivity contribution in [2.75, 3.05) is 18.6 Å². The minimum absolute atomic E-state index is 0.0143. The molecule has 1 aromatic heterocycles. The number of thiazole rings is 1. The van der Waals surface area contributed by atoms with Gasteiger partial charge in [0.2, 0.25) is 5.91 Å². The molecule has 186 valence electrons. The Morgan fingerprint density at radius 2 is 1.89 bits per heavy atom. The van der Waals surface area contributed by atoms with Gasteiger partial charge in [0.1, 0.15) is 16.6 Å². The summed E-state index contributed by atoms with van der Waals surface area (Å²) in [6, 6.07) is 13.2. The Kier molecular flexibility index (Phi) is 7.53. The highest BCUT2D eigenvalue weighted by Gasteiger charge is 2.42. The first kappa shape index (κ1) is 25.3. The molecule has 0 radical (unpaired) electrons. The fraction of sp³-hybridized carbons (Fsp3) is 0.360. The number of nitrogens with two attached hydrogens (primary N) is 1. The monoisotopic (exact) mass is 517 g/mol. The molecule has 4 rings (SSSR count). The van der Waals surface area contributed by atoms with Crippen molar-refractivity contribution in [3.63, 3.8) is 0 Å². The summed E-state index contributed by atoms with van der Waals surface area (Å²) in [7, 11) is -1.57. The molecule has 1 amide bonds. The summed E-state index contributed by atoms with van der Waals surface area (Å²) in [5, 5.41) is 5.61. The van der Waals surface area contributed by atoms with E-state index in [0.29, 0.717) is 10.6 Å². The second-order valence-electron chi connectivity index (χ2n) is 8.81. The van der Waals surface area contributed by atoms with Crippen LogP contribution in [-0.2, 0) is 26.6 Å². The van der Waals surface area contributed by atoms with Gasteiger partial charge in [-0.3, -0.25) is 4.79 Å². The molecule has 2 heterocycles. The van der Waals surface area contributed by atoms with E-state index in [0.717, 1.165) is 17.0 Å². The second-order valence-corrected chi connectivity index (χ2v) is 12.0. The number of carbonyl (C=O) groups excluding carboxylic acids is 1. The highest BCUT2D eigenvalue weighted by molar-refractivity contribution is 7.91. The molecule has 0 spiro atoms. The van der Waals surface area contributed by atoms with Crippen molar-refractivity contribution in [2.45, 2.75) is 37.3 Å². The molecular formula is C25H28FN3O4S2. The number of hydrogen-bond donors (Lipinski definition) is 2. The van der Waals surface area contributed by atoms with Gasteiger partial charge in [0.25, 0.3) is 0 Å². The second kappa shape index (κ2) is 10.4. The maximum atomic E-state index is 14.0. The molecule has 10 heteroatoms. The average molecular weight is 518 g/mol. The lowest BCUT2D eigenvalue weighted by molar-refractivity contribution is -0.123. The highest BCUT2D eigenvalue weighted by Crippen LogP contribution is 2.38. The quantitative estimate of drug-likeness (QED) is 0.474. The van der Waals surface area contributed by atoms with Crippen LogP contribution in [0.1, 0.15) is 29.8 Å². The molecule has 1 aliphatic heterocycles. The summed E-state index contributed by atoms with van der Waals surface area (Å²) >= 11 is 1.39. The van der Waals surface area contributed by atoms with Crippen LogP contribution >= 0.6 is 11.3 Å². The minimum Gasteiger partial charge on any atom is -0.497 e. The predicted molar refractivity (Wildman–Crippen MR) is 135 cm³/mol. The van der Waals surface area contributed by atoms with Crippen LogP contribution in [-0.4, -0.2) is 44.0 Å². The summed E-state index contributed by atoms with van der Waals surface area (Å²) < 4.78 is 43.5.